The van der Waals surface area contributed by atoms with Crippen LogP contribution in [0.25, 0.3) is 0 Å². The summed E-state index contributed by atoms with van der Waals surface area (Å²) in [5.74, 6) is 0. The van der Waals surface area contributed by atoms with E-state index in [0.29, 0.717) is 12.2 Å². The van der Waals surface area contributed by atoms with E-state index in [1.165, 1.54) is 0 Å². The minimum absolute atomic E-state index is 0.541. The molecule has 0 spiro atoms. The molecule has 0 unspecified atom stereocenters. The van der Waals surface area contributed by atoms with Gasteiger partial charge in [-0.3, -0.25) is 0 Å². The fourth-order valence-electron chi connectivity index (χ4n) is 0.892. The largest absolute Gasteiger partial charge is 0.380 e. The summed E-state index contributed by atoms with van der Waals surface area (Å²) in [5.41, 5.74) is 9.92. The molecule has 61 valence electrons. The summed E-state index contributed by atoms with van der Waals surface area (Å²) in [6, 6.07) is 7.26. The fourth-order valence-corrected chi connectivity index (χ4v) is 0.892. The van der Waals surface area contributed by atoms with Gasteiger partial charge < -0.3 is 5.32 Å². The Kier molecular flexibility index (Phi) is 3.02. The number of benzene rings is 1. The van der Waals surface area contributed by atoms with Gasteiger partial charge in [0.2, 0.25) is 0 Å². The third-order valence-corrected chi connectivity index (χ3v) is 1.45. The third kappa shape index (κ3) is 1.92. The molecule has 0 saturated carbocycles. The maximum atomic E-state index is 8.58. The Balaban J connectivity index is 2.81. The highest BCUT2D eigenvalue weighted by molar-refractivity contribution is 5.64. The van der Waals surface area contributed by atoms with Crippen molar-refractivity contribution in [2.45, 2.75) is 0 Å². The molecule has 1 N–H and O–H groups in total. The fraction of sp³-hybridized carbons (Fsp3) is 0.111. The Morgan fingerprint density at radius 1 is 1.50 bits per heavy atom. The Bertz CT molecular complexity index is 281. The van der Waals surface area contributed by atoms with Crippen LogP contribution in [-0.4, -0.2) is 6.54 Å². The first-order valence-electron chi connectivity index (χ1n) is 3.67. The third-order valence-electron chi connectivity index (χ3n) is 1.45. The zero-order valence-electron chi connectivity index (χ0n) is 6.70. The van der Waals surface area contributed by atoms with E-state index in [0.717, 1.165) is 5.69 Å². The van der Waals surface area contributed by atoms with E-state index < -0.39 is 0 Å². The molecule has 3 heteroatoms. The van der Waals surface area contributed by atoms with E-state index in [1.54, 1.807) is 12.1 Å². The summed E-state index contributed by atoms with van der Waals surface area (Å²) < 4.78 is 0. The molecule has 3 nitrogen and oxygen atoms in total. The Morgan fingerprint density at radius 3 is 2.92 bits per heavy atom. The number of nitrogens with one attached hydrogen (secondary N) is 1. The second-order valence-corrected chi connectivity index (χ2v) is 2.29. The number of hydrogen-bond acceptors (Lipinski definition) is 2. The predicted molar refractivity (Wildman–Crippen MR) is 49.4 cm³/mol. The summed E-state index contributed by atoms with van der Waals surface area (Å²) >= 11 is 0. The van der Waals surface area contributed by atoms with Crippen LogP contribution in [0.5, 0.6) is 0 Å². The molecule has 1 aromatic carbocycles. The zero-order valence-corrected chi connectivity index (χ0v) is 6.70. The van der Waals surface area contributed by atoms with Crippen LogP contribution in [0, 0.1) is 0 Å². The van der Waals surface area contributed by atoms with Crippen molar-refractivity contribution in [2.75, 3.05) is 11.9 Å². The quantitative estimate of drug-likeness (QED) is 0.532. The van der Waals surface area contributed by atoms with Crippen LogP contribution in [0.4, 0.5) is 11.4 Å². The van der Waals surface area contributed by atoms with Gasteiger partial charge in [0.25, 0.3) is 0 Å². The average molecular weight is 160 g/mol. The smallest absolute Gasteiger partial charge is 0.111 e. The monoisotopic (exact) mass is 160 g/mol. The van der Waals surface area contributed by atoms with Gasteiger partial charge in [0.15, 0.2) is 0 Å². The van der Waals surface area contributed by atoms with E-state index >= 15 is 0 Å². The van der Waals surface area contributed by atoms with Gasteiger partial charge in [-0.2, -0.15) is 0 Å². The van der Waals surface area contributed by atoms with Crippen LogP contribution in [0.2, 0.25) is 0 Å². The molecule has 0 saturated heterocycles. The molecular formula is C9H10N3. The minimum Gasteiger partial charge on any atom is -0.380 e. The molecule has 0 aliphatic carbocycles. The van der Waals surface area contributed by atoms with Gasteiger partial charge in [-0.1, -0.05) is 18.2 Å². The standard InChI is InChI=1S/C9H10N3/c1-2-7-11-8-5-3-4-6-9(8)12-10/h2-6,11H,1,7H2. The molecule has 0 fully saturated rings. The summed E-state index contributed by atoms with van der Waals surface area (Å²) in [7, 11) is 0. The number of nitrogens with zero attached hydrogens (tertiary/aromatic N) is 2. The van der Waals surface area contributed by atoms with Gasteiger partial charge in [-0.15, -0.1) is 11.7 Å². The van der Waals surface area contributed by atoms with Crippen LogP contribution in [0.1, 0.15) is 0 Å². The summed E-state index contributed by atoms with van der Waals surface area (Å²) in [5, 5.41) is 6.17. The van der Waals surface area contributed by atoms with Crippen molar-refractivity contribution in [2.24, 2.45) is 5.11 Å². The van der Waals surface area contributed by atoms with Gasteiger partial charge in [0.1, 0.15) is 5.69 Å². The maximum Gasteiger partial charge on any atom is 0.111 e. The van der Waals surface area contributed by atoms with Gasteiger partial charge in [-0.25, -0.2) is 0 Å². The molecule has 0 aliphatic rings. The molecule has 12 heavy (non-hydrogen) atoms. The Labute approximate surface area is 71.6 Å². The Morgan fingerprint density at radius 2 is 2.25 bits per heavy atom. The molecule has 0 aliphatic heterocycles. The minimum atomic E-state index is 0.541. The molecule has 0 atom stereocenters. The molecule has 0 bridgehead atoms. The first-order chi connectivity index (χ1) is 5.88. The van der Waals surface area contributed by atoms with Gasteiger partial charge in [0, 0.05) is 6.54 Å². The average Bonchev–Trinajstić information content (AvgIpc) is 2.15. The van der Waals surface area contributed by atoms with E-state index in [-0.39, 0.29) is 0 Å². The van der Waals surface area contributed by atoms with Crippen LogP contribution in [-0.2, 0) is 0 Å². The molecule has 1 aromatic rings. The molecule has 1 radical (unpaired) electrons. The number of anilines is 1. The first kappa shape index (κ1) is 8.46. The van der Waals surface area contributed by atoms with Crippen molar-refractivity contribution in [1.29, 1.82) is 0 Å². The van der Waals surface area contributed by atoms with Gasteiger partial charge in [0.05, 0.1) is 5.69 Å². The predicted octanol–water partition coefficient (Wildman–Crippen LogP) is 2.17. The molecule has 0 aromatic heterocycles. The highest BCUT2D eigenvalue weighted by atomic mass is 15.0. The van der Waals surface area contributed by atoms with Gasteiger partial charge >= 0.3 is 0 Å². The molecule has 0 heterocycles. The number of para-hydroxylation sites is 1. The Hall–Kier alpha value is -1.64. The normalized spacial score (nSPS) is 9.00. The first-order valence-corrected chi connectivity index (χ1v) is 3.67. The summed E-state index contributed by atoms with van der Waals surface area (Å²) in [4.78, 5) is 0. The van der Waals surface area contributed by atoms with Crippen molar-refractivity contribution in [3.8, 4) is 0 Å². The lowest BCUT2D eigenvalue weighted by Crippen LogP contribution is -1.97. The van der Waals surface area contributed by atoms with Crippen LogP contribution >= 0.6 is 0 Å². The highest BCUT2D eigenvalue weighted by Crippen LogP contribution is 2.22. The molecular weight excluding hydrogens is 150 g/mol. The highest BCUT2D eigenvalue weighted by Gasteiger charge is 1.96. The number of rotatable bonds is 4. The van der Waals surface area contributed by atoms with E-state index in [4.69, 9.17) is 5.53 Å². The lowest BCUT2D eigenvalue weighted by atomic mass is 10.3. The van der Waals surface area contributed by atoms with Crippen molar-refractivity contribution in [3.63, 3.8) is 0 Å². The van der Waals surface area contributed by atoms with Crippen molar-refractivity contribution in [1.82, 2.24) is 5.53 Å². The van der Waals surface area contributed by atoms with Crippen LogP contribution in [0.15, 0.2) is 42.0 Å². The van der Waals surface area contributed by atoms with Crippen molar-refractivity contribution >= 4 is 11.4 Å². The van der Waals surface area contributed by atoms with Crippen molar-refractivity contribution < 1.29 is 0 Å². The van der Waals surface area contributed by atoms with E-state index in [2.05, 4.69) is 17.0 Å². The van der Waals surface area contributed by atoms with E-state index in [1.807, 2.05) is 18.2 Å². The molecule has 0 amide bonds. The van der Waals surface area contributed by atoms with Crippen molar-refractivity contribution in [3.05, 3.63) is 36.9 Å². The van der Waals surface area contributed by atoms with Crippen LogP contribution in [0.3, 0.4) is 0 Å². The second-order valence-electron chi connectivity index (χ2n) is 2.29. The summed E-state index contributed by atoms with van der Waals surface area (Å²) in [6.07, 6.45) is 1.74. The maximum absolute atomic E-state index is 8.58. The van der Waals surface area contributed by atoms with Gasteiger partial charge in [-0.05, 0) is 17.7 Å². The zero-order chi connectivity index (χ0) is 8.81. The lowest BCUT2D eigenvalue weighted by Gasteiger charge is -2.04. The SMILES string of the molecule is C=CCNc1ccccc1N=[N]. The summed E-state index contributed by atoms with van der Waals surface area (Å²) in [6.45, 7) is 4.23. The molecule has 1 rings (SSSR count). The topological polar surface area (TPSA) is 46.7 Å². The second kappa shape index (κ2) is 4.28. The lowest BCUT2D eigenvalue weighted by molar-refractivity contribution is 1.27. The van der Waals surface area contributed by atoms with Crippen LogP contribution < -0.4 is 10.8 Å². The van der Waals surface area contributed by atoms with E-state index in [9.17, 15) is 0 Å². The number of hydrogen-bond donors (Lipinski definition) is 1.